The van der Waals surface area contributed by atoms with Crippen LogP contribution in [0.15, 0.2) is 28.9 Å². The van der Waals surface area contributed by atoms with Crippen LogP contribution in [0, 0.1) is 0 Å². The molecule has 0 fully saturated rings. The van der Waals surface area contributed by atoms with Gasteiger partial charge in [0.1, 0.15) is 5.69 Å². The van der Waals surface area contributed by atoms with Crippen molar-refractivity contribution in [2.24, 2.45) is 0 Å². The van der Waals surface area contributed by atoms with Crippen molar-refractivity contribution < 1.29 is 4.79 Å². The zero-order valence-electron chi connectivity index (χ0n) is 11.3. The van der Waals surface area contributed by atoms with Crippen LogP contribution in [0.25, 0.3) is 0 Å². The van der Waals surface area contributed by atoms with E-state index >= 15 is 0 Å². The number of nitrogens with one attached hydrogen (secondary N) is 1. The predicted molar refractivity (Wildman–Crippen MR) is 87.6 cm³/mol. The molecule has 0 aromatic carbocycles. The summed E-state index contributed by atoms with van der Waals surface area (Å²) in [4.78, 5) is 13.4. The average Bonchev–Trinajstić information content (AvgIpc) is 2.96. The molecule has 1 unspecified atom stereocenters. The van der Waals surface area contributed by atoms with Gasteiger partial charge in [0, 0.05) is 22.1 Å². The van der Waals surface area contributed by atoms with Gasteiger partial charge in [-0.2, -0.15) is 0 Å². The highest BCUT2D eigenvalue weighted by atomic mass is 79.9. The zero-order valence-corrected chi connectivity index (χ0v) is 14.5. The highest BCUT2D eigenvalue weighted by Gasteiger charge is 2.16. The maximum absolute atomic E-state index is 12.4. The van der Waals surface area contributed by atoms with Crippen LogP contribution in [0.3, 0.4) is 0 Å². The number of hydrogen-bond acceptors (Lipinski definition) is 2. The minimum absolute atomic E-state index is 0.0521. The molecule has 0 aliphatic rings. The fourth-order valence-corrected chi connectivity index (χ4v) is 3.52. The Bertz CT molecular complexity index is 608. The number of halogens is 2. The molecule has 1 N–H and O–H groups in total. The van der Waals surface area contributed by atoms with Gasteiger partial charge < -0.3 is 9.88 Å². The molecule has 0 aliphatic heterocycles. The van der Waals surface area contributed by atoms with Crippen molar-refractivity contribution in [3.8, 4) is 0 Å². The molecule has 2 rings (SSSR count). The fraction of sp³-hybridized carbons (Fsp3) is 0.357. The lowest BCUT2D eigenvalue weighted by atomic mass is 10.2. The number of amides is 1. The van der Waals surface area contributed by atoms with E-state index in [0.717, 1.165) is 26.7 Å². The molecule has 20 heavy (non-hydrogen) atoms. The van der Waals surface area contributed by atoms with Gasteiger partial charge in [-0.05, 0) is 47.5 Å². The molecular formula is C14H16BrClN2OS. The first-order chi connectivity index (χ1) is 9.51. The number of carbonyl (C=O) groups is 1. The quantitative estimate of drug-likeness (QED) is 0.795. The lowest BCUT2D eigenvalue weighted by Crippen LogP contribution is -2.28. The van der Waals surface area contributed by atoms with E-state index in [1.165, 1.54) is 11.3 Å². The fourth-order valence-electron chi connectivity index (χ4n) is 1.99. The summed E-state index contributed by atoms with van der Waals surface area (Å²) >= 11 is 10.8. The lowest BCUT2D eigenvalue weighted by Gasteiger charge is -2.13. The number of aryl methyl sites for hydroxylation is 1. The van der Waals surface area contributed by atoms with Gasteiger partial charge in [0.05, 0.1) is 10.4 Å². The number of carbonyl (C=O) groups excluding carboxylic acids is 1. The Kier molecular flexibility index (Phi) is 5.29. The van der Waals surface area contributed by atoms with Crippen molar-refractivity contribution >= 4 is 44.8 Å². The number of aromatic nitrogens is 1. The van der Waals surface area contributed by atoms with Crippen molar-refractivity contribution in [3.63, 3.8) is 0 Å². The molecular weight excluding hydrogens is 360 g/mol. The van der Waals surface area contributed by atoms with Gasteiger partial charge in [-0.25, -0.2) is 0 Å². The first kappa shape index (κ1) is 15.6. The Morgan fingerprint density at radius 2 is 2.30 bits per heavy atom. The molecule has 0 aliphatic carbocycles. The summed E-state index contributed by atoms with van der Waals surface area (Å²) in [5, 5.41) is 3.01. The zero-order chi connectivity index (χ0) is 14.7. The number of nitrogens with zero attached hydrogens (tertiary/aromatic N) is 1. The molecule has 0 spiro atoms. The Hall–Kier alpha value is -0.780. The van der Waals surface area contributed by atoms with E-state index in [0.29, 0.717) is 5.69 Å². The minimum Gasteiger partial charge on any atom is -0.343 e. The molecule has 2 heterocycles. The van der Waals surface area contributed by atoms with Crippen molar-refractivity contribution in [2.45, 2.75) is 32.9 Å². The second-order valence-corrected chi connectivity index (χ2v) is 7.24. The molecule has 1 amide bonds. The van der Waals surface area contributed by atoms with Gasteiger partial charge in [0.2, 0.25) is 0 Å². The summed E-state index contributed by atoms with van der Waals surface area (Å²) in [6.07, 6.45) is 2.92. The number of hydrogen-bond donors (Lipinski definition) is 1. The van der Waals surface area contributed by atoms with Crippen molar-refractivity contribution in [3.05, 3.63) is 43.8 Å². The standard InChI is InChI=1S/C14H16BrClN2OS/c1-3-6-18-8-10(15)7-11(18)14(19)17-9(2)12-4-5-13(16)20-12/h4-5,7-9H,3,6H2,1-2H3,(H,17,19). The van der Waals surface area contributed by atoms with E-state index in [2.05, 4.69) is 28.2 Å². The van der Waals surface area contributed by atoms with Crippen LogP contribution in [-0.4, -0.2) is 10.5 Å². The van der Waals surface area contributed by atoms with E-state index < -0.39 is 0 Å². The second-order valence-electron chi connectivity index (χ2n) is 4.57. The molecule has 0 saturated carbocycles. The van der Waals surface area contributed by atoms with Crippen LogP contribution in [0.2, 0.25) is 4.34 Å². The van der Waals surface area contributed by atoms with Gasteiger partial charge in [-0.3, -0.25) is 4.79 Å². The first-order valence-corrected chi connectivity index (χ1v) is 8.41. The van der Waals surface area contributed by atoms with E-state index in [-0.39, 0.29) is 11.9 Å². The topological polar surface area (TPSA) is 34.0 Å². The third-order valence-corrected chi connectivity index (χ3v) is 4.78. The number of rotatable bonds is 5. The largest absolute Gasteiger partial charge is 0.343 e. The van der Waals surface area contributed by atoms with Crippen molar-refractivity contribution in [2.75, 3.05) is 0 Å². The molecule has 0 bridgehead atoms. The highest BCUT2D eigenvalue weighted by Crippen LogP contribution is 2.27. The normalized spacial score (nSPS) is 12.4. The lowest BCUT2D eigenvalue weighted by molar-refractivity contribution is 0.0931. The summed E-state index contributed by atoms with van der Waals surface area (Å²) < 4.78 is 3.62. The highest BCUT2D eigenvalue weighted by molar-refractivity contribution is 9.10. The Balaban J connectivity index is 2.11. The summed E-state index contributed by atoms with van der Waals surface area (Å²) in [5.41, 5.74) is 0.674. The van der Waals surface area contributed by atoms with Crippen LogP contribution < -0.4 is 5.32 Å². The van der Waals surface area contributed by atoms with E-state index in [1.54, 1.807) is 0 Å². The molecule has 1 atom stereocenters. The van der Waals surface area contributed by atoms with E-state index in [4.69, 9.17) is 11.6 Å². The molecule has 0 radical (unpaired) electrons. The van der Waals surface area contributed by atoms with Crippen LogP contribution in [0.1, 0.15) is 41.7 Å². The van der Waals surface area contributed by atoms with Crippen molar-refractivity contribution in [1.82, 2.24) is 9.88 Å². The molecule has 0 saturated heterocycles. The summed E-state index contributed by atoms with van der Waals surface area (Å²) in [6.45, 7) is 4.88. The monoisotopic (exact) mass is 374 g/mol. The predicted octanol–water partition coefficient (Wildman–Crippen LogP) is 4.87. The van der Waals surface area contributed by atoms with Crippen LogP contribution in [-0.2, 0) is 6.54 Å². The van der Waals surface area contributed by atoms with Gasteiger partial charge >= 0.3 is 0 Å². The van der Waals surface area contributed by atoms with Gasteiger partial charge in [-0.1, -0.05) is 18.5 Å². The first-order valence-electron chi connectivity index (χ1n) is 6.43. The summed E-state index contributed by atoms with van der Waals surface area (Å²) in [7, 11) is 0. The van der Waals surface area contributed by atoms with E-state index in [1.807, 2.05) is 35.9 Å². The molecule has 6 heteroatoms. The Labute approximate surface area is 136 Å². The minimum atomic E-state index is -0.0684. The second kappa shape index (κ2) is 6.78. The molecule has 2 aromatic heterocycles. The third-order valence-electron chi connectivity index (χ3n) is 2.93. The summed E-state index contributed by atoms with van der Waals surface area (Å²) in [5.74, 6) is -0.0684. The van der Waals surface area contributed by atoms with Crippen LogP contribution in [0.5, 0.6) is 0 Å². The van der Waals surface area contributed by atoms with E-state index in [9.17, 15) is 4.79 Å². The molecule has 3 nitrogen and oxygen atoms in total. The van der Waals surface area contributed by atoms with Gasteiger partial charge in [0.15, 0.2) is 0 Å². The smallest absolute Gasteiger partial charge is 0.268 e. The Morgan fingerprint density at radius 3 is 2.90 bits per heavy atom. The average molecular weight is 376 g/mol. The molecule has 108 valence electrons. The number of thiophene rings is 1. The van der Waals surface area contributed by atoms with Gasteiger partial charge in [0.25, 0.3) is 5.91 Å². The maximum Gasteiger partial charge on any atom is 0.268 e. The van der Waals surface area contributed by atoms with Crippen LogP contribution >= 0.6 is 38.9 Å². The maximum atomic E-state index is 12.4. The SMILES string of the molecule is CCCn1cc(Br)cc1C(=O)NC(C)c1ccc(Cl)s1. The third kappa shape index (κ3) is 3.65. The van der Waals surface area contributed by atoms with Crippen LogP contribution in [0.4, 0.5) is 0 Å². The van der Waals surface area contributed by atoms with Gasteiger partial charge in [-0.15, -0.1) is 11.3 Å². The molecule has 2 aromatic rings. The Morgan fingerprint density at radius 1 is 1.55 bits per heavy atom. The summed E-state index contributed by atoms with van der Waals surface area (Å²) in [6, 6.07) is 5.59. The van der Waals surface area contributed by atoms with Crippen molar-refractivity contribution in [1.29, 1.82) is 0 Å².